The van der Waals surface area contributed by atoms with Crippen LogP contribution in [0.5, 0.6) is 0 Å². The third-order valence-corrected chi connectivity index (χ3v) is 5.91. The van der Waals surface area contributed by atoms with Crippen LogP contribution in [0.4, 0.5) is 11.4 Å². The maximum absolute atomic E-state index is 13.8. The van der Waals surface area contributed by atoms with Crippen LogP contribution < -0.4 is 9.91 Å². The number of amides is 1. The maximum Gasteiger partial charge on any atom is 0.305 e. The zero-order chi connectivity index (χ0) is 24.5. The van der Waals surface area contributed by atoms with Crippen molar-refractivity contribution in [2.45, 2.75) is 32.1 Å². The Labute approximate surface area is 206 Å². The molecule has 4 rings (SSSR count). The topological polar surface area (TPSA) is 66.0 Å². The van der Waals surface area contributed by atoms with E-state index in [0.717, 1.165) is 42.8 Å². The summed E-state index contributed by atoms with van der Waals surface area (Å²) in [5, 5.41) is 3.78. The van der Waals surface area contributed by atoms with Crippen molar-refractivity contribution in [3.63, 3.8) is 0 Å². The van der Waals surface area contributed by atoms with E-state index < -0.39 is 0 Å². The molecule has 0 radical (unpaired) electrons. The molecule has 1 aliphatic rings. The largest absolute Gasteiger partial charge is 0.469 e. The van der Waals surface area contributed by atoms with Gasteiger partial charge in [0, 0.05) is 36.3 Å². The Morgan fingerprint density at radius 2 is 1.60 bits per heavy atom. The number of hydrogen-bond donors (Lipinski definition) is 0. The van der Waals surface area contributed by atoms with Gasteiger partial charge in [0.2, 0.25) is 0 Å². The summed E-state index contributed by atoms with van der Waals surface area (Å²) in [5.74, 6) is -0.289. The Bertz CT molecular complexity index is 1140. The van der Waals surface area contributed by atoms with Crippen molar-refractivity contribution in [1.82, 2.24) is 9.99 Å². The van der Waals surface area contributed by atoms with Crippen molar-refractivity contribution < 1.29 is 14.3 Å². The molecule has 0 fully saturated rings. The Morgan fingerprint density at radius 1 is 0.914 bits per heavy atom. The molecule has 2 heterocycles. The number of hydrogen-bond acceptors (Lipinski definition) is 6. The maximum atomic E-state index is 13.8. The summed E-state index contributed by atoms with van der Waals surface area (Å²) in [6.07, 6.45) is 9.27. The first-order valence-corrected chi connectivity index (χ1v) is 11.8. The molecule has 1 aliphatic heterocycles. The first kappa shape index (κ1) is 24.0. The first-order valence-electron chi connectivity index (χ1n) is 11.8. The summed E-state index contributed by atoms with van der Waals surface area (Å²) in [5.41, 5.74) is 3.45. The molecule has 0 N–H and O–H groups in total. The second-order valence-corrected chi connectivity index (χ2v) is 8.29. The van der Waals surface area contributed by atoms with Crippen molar-refractivity contribution in [2.24, 2.45) is 0 Å². The number of aromatic nitrogens is 1. The monoisotopic (exact) mass is 470 g/mol. The van der Waals surface area contributed by atoms with Crippen LogP contribution in [0.1, 0.15) is 42.5 Å². The lowest BCUT2D eigenvalue weighted by molar-refractivity contribution is -0.140. The van der Waals surface area contributed by atoms with Crippen molar-refractivity contribution in [3.05, 3.63) is 103 Å². The molecule has 180 valence electrons. The van der Waals surface area contributed by atoms with E-state index in [-0.39, 0.29) is 11.9 Å². The molecule has 0 atom stereocenters. The van der Waals surface area contributed by atoms with E-state index in [1.54, 1.807) is 17.4 Å². The highest BCUT2D eigenvalue weighted by atomic mass is 16.5. The van der Waals surface area contributed by atoms with Crippen LogP contribution in [0.25, 0.3) is 0 Å². The van der Waals surface area contributed by atoms with Crippen LogP contribution in [0, 0.1) is 0 Å². The minimum Gasteiger partial charge on any atom is -0.469 e. The lowest BCUT2D eigenvalue weighted by Crippen LogP contribution is -2.47. The summed E-state index contributed by atoms with van der Waals surface area (Å²) >= 11 is 0. The fraction of sp³-hybridized carbons (Fsp3) is 0.250. The number of allylic oxidation sites excluding steroid dienone is 1. The van der Waals surface area contributed by atoms with Crippen molar-refractivity contribution in [2.75, 3.05) is 23.7 Å². The molecule has 0 spiro atoms. The normalized spacial score (nSPS) is 12.9. The van der Waals surface area contributed by atoms with Gasteiger partial charge in [-0.15, -0.1) is 0 Å². The van der Waals surface area contributed by atoms with Crippen LogP contribution in [0.2, 0.25) is 0 Å². The van der Waals surface area contributed by atoms with Gasteiger partial charge in [0.15, 0.2) is 0 Å². The van der Waals surface area contributed by atoms with Crippen molar-refractivity contribution >= 4 is 23.3 Å². The van der Waals surface area contributed by atoms with Crippen molar-refractivity contribution in [1.29, 1.82) is 0 Å². The number of unbranched alkanes of at least 4 members (excludes halogenated alkanes) is 2. The molecule has 0 aliphatic carbocycles. The minimum atomic E-state index is -0.181. The smallest absolute Gasteiger partial charge is 0.305 e. The summed E-state index contributed by atoms with van der Waals surface area (Å²) < 4.78 is 4.74. The fourth-order valence-electron chi connectivity index (χ4n) is 4.09. The van der Waals surface area contributed by atoms with Crippen LogP contribution >= 0.6 is 0 Å². The summed E-state index contributed by atoms with van der Waals surface area (Å²) in [4.78, 5) is 31.5. The Kier molecular flexibility index (Phi) is 8.12. The van der Waals surface area contributed by atoms with Crippen LogP contribution in [-0.4, -0.2) is 35.6 Å². The highest BCUT2D eigenvalue weighted by molar-refractivity contribution is 6.05. The standard InChI is InChI=1S/C28H30N4O3/c1-35-27(33)16-10-4-9-15-26-21-30(24-13-7-3-8-14-24)22-31(26)32(25-17-19-29-20-18-25)28(34)23-11-5-2-6-12-23/h2-3,5-8,11-14,17-21H,4,9-10,15-16,22H2,1H3. The molecule has 2 aromatic carbocycles. The SMILES string of the molecule is COC(=O)CCCCCC1=CN(c2ccccc2)CN1N(C(=O)c1ccccc1)c1ccncc1. The minimum absolute atomic E-state index is 0.108. The molecule has 0 saturated carbocycles. The molecular formula is C28H30N4O3. The number of carbonyl (C=O) groups is 2. The highest BCUT2D eigenvalue weighted by Gasteiger charge is 2.31. The van der Waals surface area contributed by atoms with Gasteiger partial charge in [-0.3, -0.25) is 19.6 Å². The lowest BCUT2D eigenvalue weighted by Gasteiger charge is -2.35. The number of pyridine rings is 1. The second-order valence-electron chi connectivity index (χ2n) is 8.29. The number of benzene rings is 2. The average molecular weight is 471 g/mol. The number of methoxy groups -OCH3 is 1. The van der Waals surface area contributed by atoms with Gasteiger partial charge < -0.3 is 9.64 Å². The average Bonchev–Trinajstić information content (AvgIpc) is 3.33. The lowest BCUT2D eigenvalue weighted by atomic mass is 10.1. The summed E-state index contributed by atoms with van der Waals surface area (Å²) in [7, 11) is 1.42. The van der Waals surface area contributed by atoms with E-state index in [2.05, 4.69) is 28.2 Å². The summed E-state index contributed by atoms with van der Waals surface area (Å²) in [6, 6.07) is 23.1. The molecule has 0 unspecified atom stereocenters. The van der Waals surface area contributed by atoms with E-state index in [0.29, 0.717) is 18.7 Å². The number of hydrazine groups is 1. The highest BCUT2D eigenvalue weighted by Crippen LogP contribution is 2.31. The quantitative estimate of drug-likeness (QED) is 0.292. The van der Waals surface area contributed by atoms with E-state index in [4.69, 9.17) is 4.74 Å². The molecule has 1 aromatic heterocycles. The zero-order valence-corrected chi connectivity index (χ0v) is 19.9. The Morgan fingerprint density at radius 3 is 2.29 bits per heavy atom. The zero-order valence-electron chi connectivity index (χ0n) is 19.9. The van der Waals surface area contributed by atoms with E-state index >= 15 is 0 Å². The van der Waals surface area contributed by atoms with Gasteiger partial charge in [0.25, 0.3) is 5.91 Å². The molecule has 0 saturated heterocycles. The predicted octanol–water partition coefficient (Wildman–Crippen LogP) is 5.39. The van der Waals surface area contributed by atoms with Gasteiger partial charge in [-0.05, 0) is 55.7 Å². The molecule has 7 heteroatoms. The first-order chi connectivity index (χ1) is 17.2. The number of rotatable bonds is 10. The van der Waals surface area contributed by atoms with E-state index in [1.807, 2.05) is 65.7 Å². The van der Waals surface area contributed by atoms with Gasteiger partial charge >= 0.3 is 5.97 Å². The van der Waals surface area contributed by atoms with Gasteiger partial charge in [0.1, 0.15) is 6.67 Å². The number of para-hydroxylation sites is 1. The third kappa shape index (κ3) is 6.06. The third-order valence-electron chi connectivity index (χ3n) is 5.91. The molecule has 7 nitrogen and oxygen atoms in total. The number of esters is 1. The van der Waals surface area contributed by atoms with Gasteiger partial charge in [0.05, 0.1) is 18.5 Å². The number of carbonyl (C=O) groups excluding carboxylic acids is 2. The van der Waals surface area contributed by atoms with Gasteiger partial charge in [-0.1, -0.05) is 42.8 Å². The predicted molar refractivity (Wildman–Crippen MR) is 136 cm³/mol. The van der Waals surface area contributed by atoms with Gasteiger partial charge in [-0.25, -0.2) is 5.01 Å². The molecule has 0 bridgehead atoms. The van der Waals surface area contributed by atoms with Crippen LogP contribution in [0.3, 0.4) is 0 Å². The number of anilines is 2. The van der Waals surface area contributed by atoms with E-state index in [9.17, 15) is 9.59 Å². The number of ether oxygens (including phenoxy) is 1. The second kappa shape index (κ2) is 11.8. The molecular weight excluding hydrogens is 440 g/mol. The molecule has 3 aromatic rings. The van der Waals surface area contributed by atoms with Crippen LogP contribution in [-0.2, 0) is 9.53 Å². The Hall–Kier alpha value is -4.13. The fourth-order valence-corrected chi connectivity index (χ4v) is 4.09. The number of nitrogens with zero attached hydrogens (tertiary/aromatic N) is 4. The van der Waals surface area contributed by atoms with Gasteiger partial charge in [-0.2, -0.15) is 0 Å². The molecule has 1 amide bonds. The van der Waals surface area contributed by atoms with E-state index in [1.165, 1.54) is 7.11 Å². The molecule has 35 heavy (non-hydrogen) atoms. The summed E-state index contributed by atoms with van der Waals surface area (Å²) in [6.45, 7) is 0.502. The van der Waals surface area contributed by atoms with Crippen molar-refractivity contribution in [3.8, 4) is 0 Å². The Balaban J connectivity index is 1.61. The van der Waals surface area contributed by atoms with Crippen LogP contribution in [0.15, 0.2) is 97.1 Å².